The quantitative estimate of drug-likeness (QED) is 0.832. The summed E-state index contributed by atoms with van der Waals surface area (Å²) in [6, 6.07) is 0.420. The van der Waals surface area contributed by atoms with Gasteiger partial charge in [-0.05, 0) is 19.8 Å². The highest BCUT2D eigenvalue weighted by molar-refractivity contribution is 5.78. The number of morpholine rings is 1. The molecule has 116 valence electrons. The van der Waals surface area contributed by atoms with Gasteiger partial charge in [-0.1, -0.05) is 19.3 Å². The molecule has 5 nitrogen and oxygen atoms in total. The van der Waals surface area contributed by atoms with Gasteiger partial charge in [-0.25, -0.2) is 0 Å². The number of nitrogens with zero attached hydrogens (tertiary/aromatic N) is 2. The molecule has 2 atom stereocenters. The summed E-state index contributed by atoms with van der Waals surface area (Å²) in [6.45, 7) is 3.86. The van der Waals surface area contributed by atoms with E-state index in [0.29, 0.717) is 19.1 Å². The van der Waals surface area contributed by atoms with E-state index in [2.05, 4.69) is 4.90 Å². The van der Waals surface area contributed by atoms with Crippen molar-refractivity contribution in [3.05, 3.63) is 0 Å². The van der Waals surface area contributed by atoms with E-state index in [1.54, 1.807) is 0 Å². The Kier molecular flexibility index (Phi) is 5.81. The normalized spacial score (nSPS) is 29.4. The number of aliphatic hydroxyl groups excluding tert-OH is 1. The van der Waals surface area contributed by atoms with Crippen molar-refractivity contribution in [2.24, 2.45) is 0 Å². The summed E-state index contributed by atoms with van der Waals surface area (Å²) in [4.78, 5) is 16.4. The van der Waals surface area contributed by atoms with Crippen LogP contribution in [0.4, 0.5) is 0 Å². The highest BCUT2D eigenvalue weighted by Gasteiger charge is 2.28. The fourth-order valence-electron chi connectivity index (χ4n) is 3.35. The number of aliphatic hydroxyl groups is 1. The van der Waals surface area contributed by atoms with E-state index < -0.39 is 0 Å². The van der Waals surface area contributed by atoms with E-state index >= 15 is 0 Å². The van der Waals surface area contributed by atoms with Crippen molar-refractivity contribution in [1.82, 2.24) is 9.80 Å². The SMILES string of the molecule is CC1CN(CC(=O)N(C)C2CCCCC2)CC(CO)O1. The number of hydrogen-bond donors (Lipinski definition) is 1. The molecule has 5 heteroatoms. The Morgan fingerprint density at radius 1 is 1.30 bits per heavy atom. The third-order valence-electron chi connectivity index (χ3n) is 4.48. The number of rotatable bonds is 4. The van der Waals surface area contributed by atoms with E-state index in [1.165, 1.54) is 19.3 Å². The molecule has 0 aromatic rings. The molecule has 1 saturated carbocycles. The number of carbonyl (C=O) groups is 1. The van der Waals surface area contributed by atoms with Crippen LogP contribution in [0, 0.1) is 0 Å². The van der Waals surface area contributed by atoms with E-state index in [9.17, 15) is 9.90 Å². The monoisotopic (exact) mass is 284 g/mol. The molecule has 2 rings (SSSR count). The van der Waals surface area contributed by atoms with E-state index in [4.69, 9.17) is 4.74 Å². The number of carbonyl (C=O) groups excluding carboxylic acids is 1. The summed E-state index contributed by atoms with van der Waals surface area (Å²) < 4.78 is 5.61. The molecule has 0 bridgehead atoms. The first kappa shape index (κ1) is 15.7. The highest BCUT2D eigenvalue weighted by atomic mass is 16.5. The van der Waals surface area contributed by atoms with Gasteiger partial charge in [0.15, 0.2) is 0 Å². The Hall–Kier alpha value is -0.650. The highest BCUT2D eigenvalue weighted by Crippen LogP contribution is 2.22. The lowest BCUT2D eigenvalue weighted by atomic mass is 9.94. The van der Waals surface area contributed by atoms with Gasteiger partial charge in [0.05, 0.1) is 25.4 Å². The van der Waals surface area contributed by atoms with Crippen LogP contribution in [0.1, 0.15) is 39.0 Å². The van der Waals surface area contributed by atoms with E-state index in [0.717, 1.165) is 19.4 Å². The Balaban J connectivity index is 1.83. The second kappa shape index (κ2) is 7.38. The molecule has 1 heterocycles. The van der Waals surface area contributed by atoms with Crippen molar-refractivity contribution in [3.63, 3.8) is 0 Å². The molecule has 20 heavy (non-hydrogen) atoms. The lowest BCUT2D eigenvalue weighted by Gasteiger charge is -2.37. The molecule has 1 aliphatic heterocycles. The average Bonchev–Trinajstić information content (AvgIpc) is 2.46. The molecule has 0 aromatic heterocycles. The van der Waals surface area contributed by atoms with Crippen LogP contribution < -0.4 is 0 Å². The zero-order valence-electron chi connectivity index (χ0n) is 12.8. The predicted octanol–water partition coefficient (Wildman–Crippen LogP) is 0.859. The van der Waals surface area contributed by atoms with E-state index in [-0.39, 0.29) is 24.7 Å². The summed E-state index contributed by atoms with van der Waals surface area (Å²) in [5.41, 5.74) is 0. The lowest BCUT2D eigenvalue weighted by molar-refractivity contribution is -0.139. The van der Waals surface area contributed by atoms with Crippen molar-refractivity contribution in [2.75, 3.05) is 33.3 Å². The van der Waals surface area contributed by atoms with Crippen LogP contribution in [0.25, 0.3) is 0 Å². The van der Waals surface area contributed by atoms with Gasteiger partial charge in [0.2, 0.25) is 5.91 Å². The molecule has 0 aromatic carbocycles. The maximum absolute atomic E-state index is 12.4. The third-order valence-corrected chi connectivity index (χ3v) is 4.48. The van der Waals surface area contributed by atoms with E-state index in [1.807, 2.05) is 18.9 Å². The largest absolute Gasteiger partial charge is 0.394 e. The molecule has 1 aliphatic carbocycles. The number of likely N-dealkylation sites (N-methyl/N-ethyl adjacent to an activating group) is 1. The molecule has 0 spiro atoms. The van der Waals surface area contributed by atoms with Crippen molar-refractivity contribution in [3.8, 4) is 0 Å². The van der Waals surface area contributed by atoms with Gasteiger partial charge in [-0.2, -0.15) is 0 Å². The molecule has 2 fully saturated rings. The van der Waals surface area contributed by atoms with Gasteiger partial charge in [0.25, 0.3) is 0 Å². The number of hydrogen-bond acceptors (Lipinski definition) is 4. The standard InChI is InChI=1S/C15H28N2O3/c1-12-8-17(9-14(11-18)20-12)10-15(19)16(2)13-6-4-3-5-7-13/h12-14,18H,3-11H2,1-2H3. The zero-order chi connectivity index (χ0) is 14.5. The van der Waals surface area contributed by atoms with Crippen molar-refractivity contribution < 1.29 is 14.6 Å². The summed E-state index contributed by atoms with van der Waals surface area (Å²) >= 11 is 0. The first-order chi connectivity index (χ1) is 9.60. The first-order valence-electron chi connectivity index (χ1n) is 7.84. The maximum Gasteiger partial charge on any atom is 0.236 e. The summed E-state index contributed by atoms with van der Waals surface area (Å²) in [6.07, 6.45) is 5.98. The molecule has 2 unspecified atom stereocenters. The van der Waals surface area contributed by atoms with Gasteiger partial charge in [0, 0.05) is 26.2 Å². The number of amides is 1. The molecule has 1 N–H and O–H groups in total. The van der Waals surface area contributed by atoms with Gasteiger partial charge >= 0.3 is 0 Å². The fourth-order valence-corrected chi connectivity index (χ4v) is 3.35. The van der Waals surface area contributed by atoms with Crippen molar-refractivity contribution in [2.45, 2.75) is 57.3 Å². The van der Waals surface area contributed by atoms with Crippen LogP contribution in [0.15, 0.2) is 0 Å². The van der Waals surface area contributed by atoms with Crippen molar-refractivity contribution >= 4 is 5.91 Å². The minimum Gasteiger partial charge on any atom is -0.394 e. The third kappa shape index (κ3) is 4.17. The molecule has 0 radical (unpaired) electrons. The fraction of sp³-hybridized carbons (Fsp3) is 0.933. The topological polar surface area (TPSA) is 53.0 Å². The van der Waals surface area contributed by atoms with Gasteiger partial charge < -0.3 is 14.7 Å². The lowest BCUT2D eigenvalue weighted by Crippen LogP contribution is -2.52. The van der Waals surface area contributed by atoms with Crippen LogP contribution in [0.5, 0.6) is 0 Å². The second-order valence-electron chi connectivity index (χ2n) is 6.24. The van der Waals surface area contributed by atoms with Gasteiger partial charge in [0.1, 0.15) is 0 Å². The summed E-state index contributed by atoms with van der Waals surface area (Å²) in [5, 5.41) is 9.23. The van der Waals surface area contributed by atoms with Crippen LogP contribution in [0.2, 0.25) is 0 Å². The zero-order valence-corrected chi connectivity index (χ0v) is 12.8. The molecule has 2 aliphatic rings. The van der Waals surface area contributed by atoms with Crippen LogP contribution in [-0.2, 0) is 9.53 Å². The van der Waals surface area contributed by atoms with Crippen LogP contribution in [0.3, 0.4) is 0 Å². The minimum atomic E-state index is -0.161. The summed E-state index contributed by atoms with van der Waals surface area (Å²) in [5.74, 6) is 0.197. The Morgan fingerprint density at radius 2 is 2.00 bits per heavy atom. The smallest absolute Gasteiger partial charge is 0.236 e. The number of ether oxygens (including phenoxy) is 1. The molecular formula is C15H28N2O3. The van der Waals surface area contributed by atoms with Gasteiger partial charge in [-0.15, -0.1) is 0 Å². The molecule has 1 amide bonds. The molecular weight excluding hydrogens is 256 g/mol. The second-order valence-corrected chi connectivity index (χ2v) is 6.24. The maximum atomic E-state index is 12.4. The minimum absolute atomic E-state index is 0.0213. The average molecular weight is 284 g/mol. The Labute approximate surface area is 121 Å². The first-order valence-corrected chi connectivity index (χ1v) is 7.84. The van der Waals surface area contributed by atoms with Gasteiger partial charge in [-0.3, -0.25) is 9.69 Å². The Bertz CT molecular complexity index is 318. The van der Waals surface area contributed by atoms with Crippen molar-refractivity contribution in [1.29, 1.82) is 0 Å². The Morgan fingerprint density at radius 3 is 2.65 bits per heavy atom. The predicted molar refractivity (Wildman–Crippen MR) is 77.5 cm³/mol. The summed E-state index contributed by atoms with van der Waals surface area (Å²) in [7, 11) is 1.94. The van der Waals surface area contributed by atoms with Crippen LogP contribution >= 0.6 is 0 Å². The molecule has 1 saturated heterocycles. The van der Waals surface area contributed by atoms with Crippen LogP contribution in [-0.4, -0.2) is 72.4 Å².